The van der Waals surface area contributed by atoms with E-state index in [4.69, 9.17) is 14.5 Å². The second-order valence-electron chi connectivity index (χ2n) is 13.1. The number of hydrogen-bond donors (Lipinski definition) is 1. The minimum absolute atomic E-state index is 0.00964. The summed E-state index contributed by atoms with van der Waals surface area (Å²) in [6, 6.07) is 7.72. The minimum atomic E-state index is -1.11. The first kappa shape index (κ1) is 27.4. The largest absolute Gasteiger partial charge is 0.393 e. The average molecular weight is 575 g/mol. The van der Waals surface area contributed by atoms with Crippen LogP contribution in [0.5, 0.6) is 0 Å². The fourth-order valence-electron chi connectivity index (χ4n) is 9.26. The predicted molar refractivity (Wildman–Crippen MR) is 156 cm³/mol. The van der Waals surface area contributed by atoms with Crippen molar-refractivity contribution in [3.63, 3.8) is 0 Å². The zero-order valence-corrected chi connectivity index (χ0v) is 24.7. The lowest BCUT2D eigenvalue weighted by Gasteiger charge is -2.59. The molecule has 0 bridgehead atoms. The van der Waals surface area contributed by atoms with Crippen molar-refractivity contribution in [2.24, 2.45) is 28.6 Å². The van der Waals surface area contributed by atoms with Crippen LogP contribution in [0.4, 0.5) is 0 Å². The Balaban J connectivity index is 1.21. The molecule has 216 valence electrons. The molecule has 4 fully saturated rings. The maximum absolute atomic E-state index is 14.5. The summed E-state index contributed by atoms with van der Waals surface area (Å²) < 4.78 is 13.3. The summed E-state index contributed by atoms with van der Waals surface area (Å²) in [6.07, 6.45) is 10.4. The van der Waals surface area contributed by atoms with Gasteiger partial charge in [0, 0.05) is 16.7 Å². The van der Waals surface area contributed by atoms with Gasteiger partial charge in [-0.1, -0.05) is 62.7 Å². The van der Waals surface area contributed by atoms with E-state index in [1.54, 1.807) is 18.3 Å². The van der Waals surface area contributed by atoms with E-state index in [9.17, 15) is 14.7 Å². The quantitative estimate of drug-likeness (QED) is 0.454. The summed E-state index contributed by atoms with van der Waals surface area (Å²) in [5, 5.41) is 12.6. The Bertz CT molecular complexity index is 1470. The molecule has 7 rings (SSSR count). The number of ketones is 2. The number of carbonyl (C=O) groups excluding carboxylic acids is 2. The number of aromatic nitrogens is 2. The number of benzene rings is 1. The minimum Gasteiger partial charge on any atom is -0.393 e. The van der Waals surface area contributed by atoms with Gasteiger partial charge in [-0.15, -0.1) is 0 Å². The van der Waals surface area contributed by atoms with Crippen LogP contribution in [0.15, 0.2) is 59.3 Å². The molecule has 2 aromatic rings. The van der Waals surface area contributed by atoms with Crippen molar-refractivity contribution in [2.45, 2.75) is 88.4 Å². The van der Waals surface area contributed by atoms with Gasteiger partial charge < -0.3 is 14.6 Å². The Hall–Kier alpha value is -2.39. The van der Waals surface area contributed by atoms with Crippen LogP contribution in [-0.4, -0.2) is 56.5 Å². The second-order valence-corrected chi connectivity index (χ2v) is 14.0. The molecule has 1 aliphatic heterocycles. The topological polar surface area (TPSA) is 98.6 Å². The zero-order chi connectivity index (χ0) is 28.6. The third-order valence-corrected chi connectivity index (χ3v) is 11.9. The Morgan fingerprint density at radius 3 is 2.83 bits per heavy atom. The van der Waals surface area contributed by atoms with Gasteiger partial charge in [-0.05, 0) is 68.2 Å². The van der Waals surface area contributed by atoms with Gasteiger partial charge in [0.2, 0.25) is 0 Å². The number of Topliss-reactive ketones (excluding diaryl/α,β-unsaturated/α-hetero) is 1. The highest BCUT2D eigenvalue weighted by molar-refractivity contribution is 7.99. The number of para-hydroxylation sites is 2. The number of fused-ring (bicyclic) bond motifs is 8. The van der Waals surface area contributed by atoms with E-state index in [0.29, 0.717) is 11.4 Å². The molecule has 8 heteroatoms. The summed E-state index contributed by atoms with van der Waals surface area (Å²) >= 11 is 1.39. The molecule has 6 unspecified atom stereocenters. The Morgan fingerprint density at radius 1 is 1.22 bits per heavy atom. The Labute approximate surface area is 245 Å². The SMILES string of the molecule is CCC[C@@H]1O[C@@H]2CC3C4CCC5=CC(=O)C=CC5(C)C4C(O)CC3(C)[C@]2(C(=O)CSc2cnc3ccccc3n2)O1. The van der Waals surface area contributed by atoms with Crippen LogP contribution in [0.3, 0.4) is 0 Å². The standard InChI is InChI=1S/C33H38N2O5S/c1-4-7-29-39-27-15-22-21-11-10-19-14-20(36)12-13-31(19,2)30(21)25(37)16-32(22,3)33(27,40-29)26(38)18-41-28-17-34-23-8-5-6-9-24(23)35-28/h5-6,8-9,12-14,17,21-22,25,27,29-30,37H,4,7,10-11,15-16,18H2,1-3H3/t21?,22?,25?,27-,29-,30?,31?,32?,33-/m1/s1. The van der Waals surface area contributed by atoms with Gasteiger partial charge in [-0.2, -0.15) is 0 Å². The van der Waals surface area contributed by atoms with Crippen LogP contribution in [0, 0.1) is 28.6 Å². The molecule has 0 amide bonds. The molecule has 3 saturated carbocycles. The number of thioether (sulfide) groups is 1. The average Bonchev–Trinajstić information content (AvgIpc) is 3.44. The van der Waals surface area contributed by atoms with Gasteiger partial charge in [0.25, 0.3) is 0 Å². The van der Waals surface area contributed by atoms with Crippen molar-refractivity contribution in [3.05, 3.63) is 54.3 Å². The molecule has 7 nitrogen and oxygen atoms in total. The van der Waals surface area contributed by atoms with Crippen LogP contribution in [0.1, 0.15) is 59.3 Å². The molecular weight excluding hydrogens is 536 g/mol. The van der Waals surface area contributed by atoms with Crippen molar-refractivity contribution < 1.29 is 24.2 Å². The van der Waals surface area contributed by atoms with Crippen molar-refractivity contribution in [2.75, 3.05) is 5.75 Å². The van der Waals surface area contributed by atoms with Crippen LogP contribution >= 0.6 is 11.8 Å². The lowest BCUT2D eigenvalue weighted by Crippen LogP contribution is -2.63. The molecule has 0 spiro atoms. The lowest BCUT2D eigenvalue weighted by atomic mass is 9.46. The van der Waals surface area contributed by atoms with Gasteiger partial charge in [-0.25, -0.2) is 4.98 Å². The molecule has 4 aliphatic carbocycles. The highest BCUT2D eigenvalue weighted by atomic mass is 32.2. The smallest absolute Gasteiger partial charge is 0.178 e. The lowest BCUT2D eigenvalue weighted by molar-refractivity contribution is -0.197. The maximum atomic E-state index is 14.5. The van der Waals surface area contributed by atoms with Gasteiger partial charge in [0.05, 0.1) is 35.2 Å². The van der Waals surface area contributed by atoms with Gasteiger partial charge in [0.15, 0.2) is 23.5 Å². The number of nitrogens with zero attached hydrogens (tertiary/aromatic N) is 2. The van der Waals surface area contributed by atoms with E-state index in [1.807, 2.05) is 30.3 Å². The van der Waals surface area contributed by atoms with E-state index in [-0.39, 0.29) is 46.6 Å². The molecule has 1 N–H and O–H groups in total. The first-order valence-corrected chi connectivity index (χ1v) is 16.0. The number of hydrogen-bond acceptors (Lipinski definition) is 8. The highest BCUT2D eigenvalue weighted by Gasteiger charge is 2.75. The van der Waals surface area contributed by atoms with E-state index in [0.717, 1.165) is 48.7 Å². The molecule has 2 heterocycles. The Kier molecular flexibility index (Phi) is 6.58. The van der Waals surface area contributed by atoms with Crippen molar-refractivity contribution in [1.82, 2.24) is 9.97 Å². The number of aliphatic hydroxyl groups is 1. The number of allylic oxidation sites excluding steroid dienone is 4. The fraction of sp³-hybridized carbons (Fsp3) is 0.576. The van der Waals surface area contributed by atoms with Crippen molar-refractivity contribution in [1.29, 1.82) is 0 Å². The maximum Gasteiger partial charge on any atom is 0.178 e. The normalized spacial score (nSPS) is 41.0. The summed E-state index contributed by atoms with van der Waals surface area (Å²) in [7, 11) is 0. The van der Waals surface area contributed by atoms with Crippen molar-refractivity contribution in [3.8, 4) is 0 Å². The van der Waals surface area contributed by atoms with Crippen molar-refractivity contribution >= 4 is 34.4 Å². The summed E-state index contributed by atoms with van der Waals surface area (Å²) in [4.78, 5) is 35.9. The number of rotatable bonds is 6. The predicted octanol–water partition coefficient (Wildman–Crippen LogP) is 5.46. The Morgan fingerprint density at radius 2 is 2.02 bits per heavy atom. The first-order valence-electron chi connectivity index (χ1n) is 15.0. The molecule has 1 saturated heterocycles. The third-order valence-electron chi connectivity index (χ3n) is 11.0. The van der Waals surface area contributed by atoms with Crippen LogP contribution in [0.2, 0.25) is 0 Å². The molecule has 5 aliphatic rings. The number of aliphatic hydroxyl groups excluding tert-OH is 1. The van der Waals surface area contributed by atoms with Gasteiger partial charge >= 0.3 is 0 Å². The molecule has 9 atom stereocenters. The number of carbonyl (C=O) groups is 2. The zero-order valence-electron chi connectivity index (χ0n) is 23.9. The van der Waals surface area contributed by atoms with E-state index in [1.165, 1.54) is 11.8 Å². The molecule has 1 aromatic carbocycles. The second kappa shape index (κ2) is 9.83. The van der Waals surface area contributed by atoms with Gasteiger partial charge in [-0.3, -0.25) is 14.6 Å². The highest BCUT2D eigenvalue weighted by Crippen LogP contribution is 2.69. The molecule has 1 aromatic heterocycles. The van der Waals surface area contributed by atoms with E-state index in [2.05, 4.69) is 25.8 Å². The van der Waals surface area contributed by atoms with Crippen LogP contribution in [-0.2, 0) is 19.1 Å². The summed E-state index contributed by atoms with van der Waals surface area (Å²) in [5.74, 6) is 0.612. The third kappa shape index (κ3) is 3.97. The summed E-state index contributed by atoms with van der Waals surface area (Å²) in [6.45, 7) is 6.44. The molecule has 41 heavy (non-hydrogen) atoms. The number of ether oxygens (including phenoxy) is 2. The van der Waals surface area contributed by atoms with E-state index >= 15 is 0 Å². The monoisotopic (exact) mass is 574 g/mol. The van der Waals surface area contributed by atoms with Crippen LogP contribution in [0.25, 0.3) is 11.0 Å². The van der Waals surface area contributed by atoms with Crippen LogP contribution < -0.4 is 0 Å². The fourth-order valence-corrected chi connectivity index (χ4v) is 10.0. The molecule has 0 radical (unpaired) electrons. The van der Waals surface area contributed by atoms with Gasteiger partial charge in [0.1, 0.15) is 5.03 Å². The summed E-state index contributed by atoms with van der Waals surface area (Å²) in [5.41, 5.74) is 0.710. The molecular formula is C33H38N2O5S. The first-order chi connectivity index (χ1) is 19.7. The van der Waals surface area contributed by atoms with E-state index < -0.39 is 23.4 Å².